The summed E-state index contributed by atoms with van der Waals surface area (Å²) in [6.07, 6.45) is -0.469. The van der Waals surface area contributed by atoms with Crippen LogP contribution in [0, 0.1) is 11.8 Å². The van der Waals surface area contributed by atoms with E-state index < -0.39 is 84.4 Å². The molecule has 0 aromatic heterocycles. The summed E-state index contributed by atoms with van der Waals surface area (Å²) < 4.78 is 0. The molecule has 2 fully saturated rings. The van der Waals surface area contributed by atoms with Crippen LogP contribution in [0.5, 0.6) is 5.75 Å². The van der Waals surface area contributed by atoms with Gasteiger partial charge in [0.25, 0.3) is 0 Å². The van der Waals surface area contributed by atoms with E-state index in [9.17, 15) is 58.8 Å². The van der Waals surface area contributed by atoms with Gasteiger partial charge in [0, 0.05) is 65.2 Å². The van der Waals surface area contributed by atoms with Gasteiger partial charge in [-0.3, -0.25) is 53.1 Å². The van der Waals surface area contributed by atoms with Gasteiger partial charge in [0.15, 0.2) is 11.7 Å². The van der Waals surface area contributed by atoms with E-state index in [1.54, 1.807) is 21.9 Å². The summed E-state index contributed by atoms with van der Waals surface area (Å²) in [6.45, 7) is 2.79. The lowest BCUT2D eigenvalue weighted by atomic mass is 9.79. The highest BCUT2D eigenvalue weighted by Gasteiger charge is 2.39. The molecular weight excluding hydrogens is 867 g/mol. The number of carboxylic acids is 3. The van der Waals surface area contributed by atoms with Crippen molar-refractivity contribution in [3.8, 4) is 5.75 Å². The van der Waals surface area contributed by atoms with Crippen molar-refractivity contribution in [2.45, 2.75) is 82.4 Å². The van der Waals surface area contributed by atoms with Crippen molar-refractivity contribution < 1.29 is 63.6 Å². The number of aromatic hydroxyl groups is 1. The molecule has 66 heavy (non-hydrogen) atoms. The predicted molar refractivity (Wildman–Crippen MR) is 237 cm³/mol. The predicted octanol–water partition coefficient (Wildman–Crippen LogP) is -2.83. The zero-order valence-electron chi connectivity index (χ0n) is 37.2. The maximum Gasteiger partial charge on any atom is 0.317 e. The molecule has 14 N–H and O–H groups in total. The molecule has 0 aliphatic carbocycles. The molecule has 0 radical (unpaired) electrons. The number of guanidine groups is 1. The van der Waals surface area contributed by atoms with Crippen LogP contribution in [0.15, 0.2) is 29.3 Å². The fourth-order valence-corrected chi connectivity index (χ4v) is 8.00. The van der Waals surface area contributed by atoms with Gasteiger partial charge in [-0.15, -0.1) is 0 Å². The van der Waals surface area contributed by atoms with Crippen molar-refractivity contribution in [2.75, 3.05) is 78.5 Å². The number of nitrogens with zero attached hydrogens (tertiary/aromatic N) is 4. The normalized spacial score (nSPS) is 22.3. The number of hydrogen-bond acceptors (Lipinski definition) is 15. The number of Topliss-reactive ketones (excluding diaryl/α,β-unsaturated/α-hetero) is 1. The van der Waals surface area contributed by atoms with E-state index in [2.05, 4.69) is 31.2 Å². The third-order valence-electron chi connectivity index (χ3n) is 11.4. The molecule has 3 rings (SSSR count). The minimum absolute atomic E-state index is 0.0228. The summed E-state index contributed by atoms with van der Waals surface area (Å²) in [5.41, 5.74) is 11.5. The Morgan fingerprint density at radius 2 is 1.39 bits per heavy atom. The summed E-state index contributed by atoms with van der Waals surface area (Å²) in [5, 5.41) is 48.7. The second-order valence-electron chi connectivity index (χ2n) is 16.6. The SMILES string of the molecule is NOC1[C@@H](Cc2ccc(O)cc2)CC(=O)C(CC(=O)O)NC(=O)CNC(=O)C(CCCN=C(N)N)NC(=O)[C@@H]1CCCCNC(=O)CCCN1CCN(CC(=O)O)CCN(CC(=O)O)CC1. The lowest BCUT2D eigenvalue weighted by Gasteiger charge is -2.33. The molecule has 2 saturated heterocycles. The molecule has 5 atom stereocenters. The number of hydrogen-bond donors (Lipinski definition) is 11. The van der Waals surface area contributed by atoms with Crippen LogP contribution in [0.2, 0.25) is 0 Å². The first-order valence-corrected chi connectivity index (χ1v) is 22.1. The van der Waals surface area contributed by atoms with E-state index in [0.717, 1.165) is 0 Å². The molecule has 4 amide bonds. The lowest BCUT2D eigenvalue weighted by Crippen LogP contribution is -2.55. The molecule has 368 valence electrons. The van der Waals surface area contributed by atoms with Gasteiger partial charge in [-0.2, -0.15) is 0 Å². The zero-order valence-corrected chi connectivity index (χ0v) is 37.2. The number of carbonyl (C=O) groups excluding carboxylic acids is 5. The number of amides is 4. The summed E-state index contributed by atoms with van der Waals surface area (Å²) in [6, 6.07) is 3.39. The smallest absolute Gasteiger partial charge is 0.317 e. The molecule has 2 heterocycles. The van der Waals surface area contributed by atoms with Crippen LogP contribution in [0.4, 0.5) is 0 Å². The molecule has 0 bridgehead atoms. The third kappa shape index (κ3) is 20.9. The van der Waals surface area contributed by atoms with Gasteiger partial charge in [-0.05, 0) is 68.7 Å². The van der Waals surface area contributed by atoms with E-state index in [4.69, 9.17) is 22.2 Å². The van der Waals surface area contributed by atoms with Gasteiger partial charge in [-0.25, -0.2) is 5.90 Å². The minimum Gasteiger partial charge on any atom is -0.508 e. The number of phenolic OH excluding ortho intramolecular Hbond substituents is 1. The Morgan fingerprint density at radius 1 is 0.773 bits per heavy atom. The molecule has 1 aromatic rings. The summed E-state index contributed by atoms with van der Waals surface area (Å²) in [7, 11) is 0. The number of unbranched alkanes of at least 4 members (excludes halogenated alkanes) is 1. The van der Waals surface area contributed by atoms with Crippen molar-refractivity contribution >= 4 is 53.3 Å². The standard InChI is InChI=1S/C42H67N11O13/c43-42(44)47-13-3-6-31-41(65)48-24-35(57)49-32(23-36(58)59)33(55)22-28(21-27-8-10-29(54)11-9-27)39(66-45)30(40(64)50-31)5-1-2-12-46-34(56)7-4-14-51-15-17-52(25-37(60)61)19-20-53(18-16-51)26-38(62)63/h8-11,28,30-32,39,54H,1-7,12-26,45H2,(H,46,56)(H,48,65)(H,49,57)(H,50,64)(H,58,59)(H,60,61)(H,62,63)(H4,43,44,47)/t28-,30+,31?,32?,39?/m0/s1. The first-order chi connectivity index (χ1) is 31.4. The van der Waals surface area contributed by atoms with Gasteiger partial charge in [0.05, 0.1) is 44.1 Å². The van der Waals surface area contributed by atoms with Gasteiger partial charge in [0.2, 0.25) is 23.6 Å². The molecule has 24 nitrogen and oxygen atoms in total. The van der Waals surface area contributed by atoms with Crippen molar-refractivity contribution in [1.82, 2.24) is 36.0 Å². The van der Waals surface area contributed by atoms with Gasteiger partial charge in [0.1, 0.15) is 11.8 Å². The number of aliphatic imine (C=N–C) groups is 1. The highest BCUT2D eigenvalue weighted by Crippen LogP contribution is 2.29. The Hall–Kier alpha value is -5.95. The van der Waals surface area contributed by atoms with Crippen LogP contribution in [0.25, 0.3) is 0 Å². The Kier molecular flexibility index (Phi) is 23.8. The second-order valence-corrected chi connectivity index (χ2v) is 16.6. The maximum atomic E-state index is 14.4. The monoisotopic (exact) mass is 933 g/mol. The molecular formula is C42H67N11O13. The third-order valence-corrected chi connectivity index (χ3v) is 11.4. The summed E-state index contributed by atoms with van der Waals surface area (Å²) >= 11 is 0. The first-order valence-electron chi connectivity index (χ1n) is 22.1. The lowest BCUT2D eigenvalue weighted by molar-refractivity contribution is -0.142. The molecule has 0 spiro atoms. The second kappa shape index (κ2) is 28.8. The Labute approximate surface area is 382 Å². The average molecular weight is 934 g/mol. The fourth-order valence-electron chi connectivity index (χ4n) is 8.00. The maximum absolute atomic E-state index is 14.4. The van der Waals surface area contributed by atoms with Crippen LogP contribution in [-0.4, -0.2) is 185 Å². The number of carboxylic acid groups (broad SMARTS) is 3. The highest BCUT2D eigenvalue weighted by molar-refractivity contribution is 5.95. The largest absolute Gasteiger partial charge is 0.508 e. The van der Waals surface area contributed by atoms with Gasteiger partial charge >= 0.3 is 17.9 Å². The van der Waals surface area contributed by atoms with E-state index >= 15 is 0 Å². The van der Waals surface area contributed by atoms with E-state index in [1.165, 1.54) is 12.1 Å². The molecule has 2 aliphatic rings. The van der Waals surface area contributed by atoms with Gasteiger partial charge < -0.3 is 62.9 Å². The molecule has 0 saturated carbocycles. The van der Waals surface area contributed by atoms with Crippen LogP contribution in [0.1, 0.15) is 63.4 Å². The number of carbonyl (C=O) groups is 8. The number of nitrogens with two attached hydrogens (primary N) is 3. The number of benzene rings is 1. The van der Waals surface area contributed by atoms with Crippen LogP contribution in [0.3, 0.4) is 0 Å². The first kappa shape index (κ1) is 54.4. The van der Waals surface area contributed by atoms with Crippen molar-refractivity contribution in [3.63, 3.8) is 0 Å². The number of ketones is 1. The number of nitrogens with one attached hydrogen (secondary N) is 4. The van der Waals surface area contributed by atoms with Crippen molar-refractivity contribution in [3.05, 3.63) is 29.8 Å². The van der Waals surface area contributed by atoms with Crippen molar-refractivity contribution in [2.24, 2.45) is 34.2 Å². The quantitative estimate of drug-likeness (QED) is 0.0242. The van der Waals surface area contributed by atoms with E-state index in [0.29, 0.717) is 70.6 Å². The Bertz CT molecular complexity index is 1790. The fraction of sp³-hybridized carbons (Fsp3) is 0.643. The Morgan fingerprint density at radius 3 is 1.97 bits per heavy atom. The molecule has 2 aliphatic heterocycles. The Balaban J connectivity index is 1.77. The number of rotatable bonds is 22. The summed E-state index contributed by atoms with van der Waals surface area (Å²) in [5.74, 6) is -2.67. The van der Waals surface area contributed by atoms with Crippen LogP contribution >= 0.6 is 0 Å². The van der Waals surface area contributed by atoms with Crippen molar-refractivity contribution in [1.29, 1.82) is 0 Å². The number of phenols is 1. The number of aliphatic carboxylic acids is 3. The van der Waals surface area contributed by atoms with Crippen LogP contribution in [-0.2, 0) is 49.6 Å². The van der Waals surface area contributed by atoms with Crippen LogP contribution < -0.4 is 38.6 Å². The average Bonchev–Trinajstić information content (AvgIpc) is 3.33. The molecule has 3 unspecified atom stereocenters. The van der Waals surface area contributed by atoms with Gasteiger partial charge in [-0.1, -0.05) is 18.6 Å². The highest BCUT2D eigenvalue weighted by atomic mass is 16.6. The summed E-state index contributed by atoms with van der Waals surface area (Å²) in [4.78, 5) is 117. The molecule has 24 heteroatoms. The molecule has 1 aromatic carbocycles. The topological polar surface area (TPSA) is 375 Å². The van der Waals surface area contributed by atoms with E-state index in [-0.39, 0.29) is 82.3 Å². The van der Waals surface area contributed by atoms with E-state index in [1.807, 2.05) is 0 Å². The zero-order chi connectivity index (χ0) is 48.6. The minimum atomic E-state index is -1.50.